The average molecular weight is 477 g/mol. The van der Waals surface area contributed by atoms with Crippen LogP contribution >= 0.6 is 11.3 Å². The topological polar surface area (TPSA) is 17.8 Å². The number of rotatable bonds is 2. The molecule has 0 spiro atoms. The first kappa shape index (κ1) is 19.8. The van der Waals surface area contributed by atoms with Gasteiger partial charge in [-0.05, 0) is 87.8 Å². The number of hydrogen-bond donors (Lipinski definition) is 0. The van der Waals surface area contributed by atoms with Crippen LogP contribution < -0.4 is 0 Å². The van der Waals surface area contributed by atoms with E-state index in [-0.39, 0.29) is 0 Å². The van der Waals surface area contributed by atoms with Gasteiger partial charge in [0.2, 0.25) is 0 Å². The Kier molecular flexibility index (Phi) is 4.13. The maximum atomic E-state index is 4.44. The minimum Gasteiger partial charge on any atom is -0.317 e. The van der Waals surface area contributed by atoms with Crippen LogP contribution in [0.1, 0.15) is 0 Å². The Morgan fingerprint density at radius 2 is 1.47 bits per heavy atom. The fraction of sp³-hybridized carbons (Fsp3) is 0. The lowest BCUT2D eigenvalue weighted by molar-refractivity contribution is 1.13. The summed E-state index contributed by atoms with van der Waals surface area (Å²) in [6, 6.07) is 37.5. The van der Waals surface area contributed by atoms with E-state index in [1.54, 1.807) is 0 Å². The molecule has 8 rings (SSSR count). The molecule has 2 nitrogen and oxygen atoms in total. The van der Waals surface area contributed by atoms with Gasteiger partial charge in [-0.15, -0.1) is 11.3 Å². The van der Waals surface area contributed by atoms with Crippen molar-refractivity contribution >= 4 is 64.0 Å². The molecule has 0 aliphatic carbocycles. The van der Waals surface area contributed by atoms with Crippen molar-refractivity contribution < 1.29 is 0 Å². The van der Waals surface area contributed by atoms with Crippen LogP contribution in [0.3, 0.4) is 0 Å². The first-order valence-corrected chi connectivity index (χ1v) is 12.9. The zero-order chi connectivity index (χ0) is 23.6. The van der Waals surface area contributed by atoms with Gasteiger partial charge in [0.25, 0.3) is 0 Å². The number of benzene rings is 5. The largest absolute Gasteiger partial charge is 0.317 e. The fourth-order valence-electron chi connectivity index (χ4n) is 5.58. The second-order valence-corrected chi connectivity index (χ2v) is 10.4. The highest BCUT2D eigenvalue weighted by atomic mass is 32.1. The quantitative estimate of drug-likeness (QED) is 0.227. The summed E-state index contributed by atoms with van der Waals surface area (Å²) in [6.45, 7) is 0. The van der Waals surface area contributed by atoms with Crippen molar-refractivity contribution in [3.8, 4) is 16.8 Å². The number of thiophene rings is 1. The summed E-state index contributed by atoms with van der Waals surface area (Å²) in [5.74, 6) is 0. The van der Waals surface area contributed by atoms with Gasteiger partial charge in [0.15, 0.2) is 0 Å². The maximum absolute atomic E-state index is 4.44. The number of hydrogen-bond acceptors (Lipinski definition) is 2. The van der Waals surface area contributed by atoms with E-state index in [0.29, 0.717) is 0 Å². The summed E-state index contributed by atoms with van der Waals surface area (Å²) in [5.41, 5.74) is 4.77. The average Bonchev–Trinajstić information content (AvgIpc) is 3.52. The minimum atomic E-state index is 1.14. The Balaban J connectivity index is 1.53. The van der Waals surface area contributed by atoms with Crippen LogP contribution in [0.25, 0.3) is 69.4 Å². The zero-order valence-corrected chi connectivity index (χ0v) is 20.2. The van der Waals surface area contributed by atoms with Gasteiger partial charge in [0.1, 0.15) is 0 Å². The molecule has 5 aromatic carbocycles. The predicted molar refractivity (Wildman–Crippen MR) is 154 cm³/mol. The summed E-state index contributed by atoms with van der Waals surface area (Å²) in [5, 5.41) is 8.97. The molecule has 3 heterocycles. The van der Waals surface area contributed by atoms with Crippen LogP contribution in [0.5, 0.6) is 0 Å². The van der Waals surface area contributed by atoms with Gasteiger partial charge in [-0.1, -0.05) is 42.5 Å². The van der Waals surface area contributed by atoms with E-state index in [9.17, 15) is 0 Å². The van der Waals surface area contributed by atoms with Gasteiger partial charge in [-0.3, -0.25) is 4.98 Å². The van der Waals surface area contributed by atoms with E-state index >= 15 is 0 Å². The van der Waals surface area contributed by atoms with Gasteiger partial charge >= 0.3 is 0 Å². The van der Waals surface area contributed by atoms with Crippen molar-refractivity contribution in [3.63, 3.8) is 0 Å². The highest BCUT2D eigenvalue weighted by Crippen LogP contribution is 2.42. The van der Waals surface area contributed by atoms with E-state index in [1.165, 1.54) is 63.9 Å². The maximum Gasteiger partial charge on any atom is 0.0535 e. The summed E-state index contributed by atoms with van der Waals surface area (Å²) in [6.07, 6.45) is 5.99. The van der Waals surface area contributed by atoms with Crippen LogP contribution in [0.2, 0.25) is 0 Å². The highest BCUT2D eigenvalue weighted by molar-refractivity contribution is 7.25. The Labute approximate surface area is 211 Å². The molecular weight excluding hydrogens is 456 g/mol. The first-order valence-electron chi connectivity index (χ1n) is 12.1. The highest BCUT2D eigenvalue weighted by Gasteiger charge is 2.15. The van der Waals surface area contributed by atoms with Gasteiger partial charge in [0.05, 0.1) is 5.52 Å². The Morgan fingerprint density at radius 1 is 0.583 bits per heavy atom. The van der Waals surface area contributed by atoms with Crippen molar-refractivity contribution in [1.29, 1.82) is 0 Å². The zero-order valence-electron chi connectivity index (χ0n) is 19.3. The minimum absolute atomic E-state index is 1.14. The summed E-state index contributed by atoms with van der Waals surface area (Å²) >= 11 is 1.87. The van der Waals surface area contributed by atoms with Crippen molar-refractivity contribution in [1.82, 2.24) is 9.55 Å². The lowest BCUT2D eigenvalue weighted by Crippen LogP contribution is -1.91. The van der Waals surface area contributed by atoms with Crippen LogP contribution in [0, 0.1) is 0 Å². The van der Waals surface area contributed by atoms with Gasteiger partial charge in [0, 0.05) is 55.4 Å². The van der Waals surface area contributed by atoms with E-state index in [1.807, 2.05) is 29.8 Å². The molecule has 0 bridgehead atoms. The SMILES string of the molecule is c1ccc(-n2ccc3cc4cc(-c5cccnc5)c5cc6c(cc5c4cc32)sc2ccccc26)cc1. The van der Waals surface area contributed by atoms with Crippen molar-refractivity contribution in [2.45, 2.75) is 0 Å². The predicted octanol–water partition coefficient (Wildman–Crippen LogP) is 9.37. The number of para-hydroxylation sites is 1. The second-order valence-electron chi connectivity index (χ2n) is 9.31. The molecule has 0 atom stereocenters. The summed E-state index contributed by atoms with van der Waals surface area (Å²) < 4.78 is 4.94. The van der Waals surface area contributed by atoms with E-state index in [2.05, 4.69) is 113 Å². The molecule has 0 amide bonds. The lowest BCUT2D eigenvalue weighted by atomic mass is 9.92. The monoisotopic (exact) mass is 476 g/mol. The van der Waals surface area contributed by atoms with Crippen molar-refractivity contribution in [2.75, 3.05) is 0 Å². The Hall–Kier alpha value is -4.47. The molecule has 0 saturated heterocycles. The lowest BCUT2D eigenvalue weighted by Gasteiger charge is -2.13. The third kappa shape index (κ3) is 2.87. The van der Waals surface area contributed by atoms with Crippen LogP contribution in [0.15, 0.2) is 122 Å². The molecule has 8 aromatic rings. The standard InChI is InChI=1S/C33H20N2S/c1-2-8-24(9-3-1)35-14-12-21-15-23-16-26(22-7-6-13-34-20-22)28-17-30-25-10-4-5-11-32(25)36-33(30)19-29(28)27(23)18-31(21)35/h1-20H. The van der Waals surface area contributed by atoms with Crippen molar-refractivity contribution in [3.05, 3.63) is 122 Å². The third-order valence-corrected chi connectivity index (χ3v) is 8.40. The summed E-state index contributed by atoms with van der Waals surface area (Å²) in [4.78, 5) is 4.44. The molecule has 0 N–H and O–H groups in total. The number of nitrogens with zero attached hydrogens (tertiary/aromatic N) is 2. The number of aromatic nitrogens is 2. The van der Waals surface area contributed by atoms with E-state index < -0.39 is 0 Å². The van der Waals surface area contributed by atoms with Gasteiger partial charge in [-0.25, -0.2) is 0 Å². The molecule has 36 heavy (non-hydrogen) atoms. The molecule has 3 aromatic heterocycles. The molecule has 0 saturated carbocycles. The molecular formula is C33H20N2S. The van der Waals surface area contributed by atoms with Crippen LogP contribution in [-0.2, 0) is 0 Å². The molecule has 3 heteroatoms. The molecule has 0 fully saturated rings. The Bertz CT molecular complexity index is 2080. The fourth-order valence-corrected chi connectivity index (χ4v) is 6.70. The summed E-state index contributed by atoms with van der Waals surface area (Å²) in [7, 11) is 0. The molecule has 0 aliphatic rings. The smallest absolute Gasteiger partial charge is 0.0535 e. The number of fused-ring (bicyclic) bond motifs is 7. The Morgan fingerprint density at radius 3 is 2.36 bits per heavy atom. The van der Waals surface area contributed by atoms with E-state index in [0.717, 1.165) is 5.56 Å². The van der Waals surface area contributed by atoms with E-state index in [4.69, 9.17) is 0 Å². The first-order chi connectivity index (χ1) is 17.8. The molecule has 0 aliphatic heterocycles. The van der Waals surface area contributed by atoms with Gasteiger partial charge in [-0.2, -0.15) is 0 Å². The molecule has 0 radical (unpaired) electrons. The third-order valence-electron chi connectivity index (χ3n) is 7.27. The molecule has 168 valence electrons. The number of pyridine rings is 1. The van der Waals surface area contributed by atoms with Crippen LogP contribution in [0.4, 0.5) is 0 Å². The van der Waals surface area contributed by atoms with Crippen LogP contribution in [-0.4, -0.2) is 9.55 Å². The normalized spacial score (nSPS) is 11.9. The second kappa shape index (κ2) is 7.51. The van der Waals surface area contributed by atoms with Crippen molar-refractivity contribution in [2.24, 2.45) is 0 Å². The van der Waals surface area contributed by atoms with Gasteiger partial charge < -0.3 is 4.57 Å². The molecule has 0 unspecified atom stereocenters.